The van der Waals surface area contributed by atoms with Gasteiger partial charge in [0.05, 0.1) is 5.75 Å². The van der Waals surface area contributed by atoms with E-state index in [-0.39, 0.29) is 11.7 Å². The molecular weight excluding hydrogens is 312 g/mol. The molecule has 0 aliphatic rings. The summed E-state index contributed by atoms with van der Waals surface area (Å²) in [6.45, 7) is 4.81. The highest BCUT2D eigenvalue weighted by molar-refractivity contribution is 7.88. The molecule has 2 N–H and O–H groups in total. The fraction of sp³-hybridized carbons (Fsp3) is 0.375. The lowest BCUT2D eigenvalue weighted by molar-refractivity contribution is 0.582. The van der Waals surface area contributed by atoms with Crippen LogP contribution >= 0.6 is 0 Å². The molecule has 0 fully saturated rings. The summed E-state index contributed by atoms with van der Waals surface area (Å²) in [7, 11) is -3.33. The van der Waals surface area contributed by atoms with Crippen molar-refractivity contribution in [3.05, 3.63) is 54.0 Å². The minimum Gasteiger partial charge on any atom is -0.369 e. The number of nitrogens with zero attached hydrogens (tertiary/aromatic N) is 2. The van der Waals surface area contributed by atoms with Gasteiger partial charge in [-0.3, -0.25) is 0 Å². The lowest BCUT2D eigenvalue weighted by Gasteiger charge is -2.10. The van der Waals surface area contributed by atoms with Crippen molar-refractivity contribution in [3.63, 3.8) is 0 Å². The Kier molecular flexibility index (Phi) is 6.06. The first kappa shape index (κ1) is 17.4. The third-order valence-electron chi connectivity index (χ3n) is 3.14. The van der Waals surface area contributed by atoms with Crippen molar-refractivity contribution in [2.75, 3.05) is 18.4 Å². The summed E-state index contributed by atoms with van der Waals surface area (Å²) >= 11 is 0. The summed E-state index contributed by atoms with van der Waals surface area (Å²) in [6, 6.07) is 10.9. The van der Waals surface area contributed by atoms with Gasteiger partial charge in [-0.2, -0.15) is 0 Å². The summed E-state index contributed by atoms with van der Waals surface area (Å²) in [6.07, 6.45) is 1.70. The summed E-state index contributed by atoms with van der Waals surface area (Å²) in [5, 5.41) is 3.10. The third-order valence-corrected chi connectivity index (χ3v) is 4.50. The second kappa shape index (κ2) is 8.03. The molecule has 0 saturated carbocycles. The average Bonchev–Trinajstić information content (AvgIpc) is 2.52. The van der Waals surface area contributed by atoms with Crippen LogP contribution in [-0.4, -0.2) is 31.5 Å². The Morgan fingerprint density at radius 3 is 2.52 bits per heavy atom. The second-order valence-corrected chi connectivity index (χ2v) is 7.33. The Morgan fingerprint density at radius 1 is 1.09 bits per heavy atom. The summed E-state index contributed by atoms with van der Waals surface area (Å²) < 4.78 is 26.6. The van der Waals surface area contributed by atoms with Gasteiger partial charge in [-0.1, -0.05) is 44.2 Å². The highest BCUT2D eigenvalue weighted by atomic mass is 32.2. The normalized spacial score (nSPS) is 11.6. The van der Waals surface area contributed by atoms with Gasteiger partial charge in [-0.05, 0) is 11.6 Å². The van der Waals surface area contributed by atoms with Gasteiger partial charge in [-0.15, -0.1) is 0 Å². The van der Waals surface area contributed by atoms with E-state index in [9.17, 15) is 8.42 Å². The number of nitrogens with one attached hydrogen (secondary N) is 2. The average molecular weight is 334 g/mol. The predicted molar refractivity (Wildman–Crippen MR) is 91.7 cm³/mol. The Bertz CT molecular complexity index is 718. The Labute approximate surface area is 137 Å². The molecule has 0 unspecified atom stereocenters. The van der Waals surface area contributed by atoms with Crippen LogP contribution < -0.4 is 10.0 Å². The van der Waals surface area contributed by atoms with Crippen LogP contribution in [0.2, 0.25) is 0 Å². The molecule has 124 valence electrons. The number of hydrogen-bond acceptors (Lipinski definition) is 5. The minimum absolute atomic E-state index is 0.0150. The van der Waals surface area contributed by atoms with Crippen LogP contribution in [0, 0.1) is 0 Å². The highest BCUT2D eigenvalue weighted by Gasteiger charge is 2.10. The molecule has 0 atom stereocenters. The second-order valence-electron chi connectivity index (χ2n) is 5.52. The Hall–Kier alpha value is -1.99. The van der Waals surface area contributed by atoms with Crippen LogP contribution in [0.15, 0.2) is 42.6 Å². The molecule has 0 saturated heterocycles. The molecule has 2 rings (SSSR count). The van der Waals surface area contributed by atoms with Gasteiger partial charge in [0.25, 0.3) is 0 Å². The number of anilines is 1. The standard InChI is InChI=1S/C16H22N4O2S/c1-13(2)16-18-9-8-15(20-16)17-10-11-19-23(21,22)12-14-6-4-3-5-7-14/h3-9,13,19H,10-12H2,1-2H3,(H,17,18,20). The van der Waals surface area contributed by atoms with E-state index >= 15 is 0 Å². The summed E-state index contributed by atoms with van der Waals surface area (Å²) in [5.41, 5.74) is 0.769. The summed E-state index contributed by atoms with van der Waals surface area (Å²) in [4.78, 5) is 8.57. The SMILES string of the molecule is CC(C)c1nccc(NCCNS(=O)(=O)Cc2ccccc2)n1. The van der Waals surface area contributed by atoms with Gasteiger partial charge in [0.1, 0.15) is 11.6 Å². The molecule has 0 radical (unpaired) electrons. The summed E-state index contributed by atoms with van der Waals surface area (Å²) in [5.74, 6) is 1.70. The van der Waals surface area contributed by atoms with Crippen LogP contribution in [0.3, 0.4) is 0 Å². The van der Waals surface area contributed by atoms with Gasteiger partial charge >= 0.3 is 0 Å². The van der Waals surface area contributed by atoms with Gasteiger partial charge in [0.15, 0.2) is 0 Å². The molecule has 6 nitrogen and oxygen atoms in total. The van der Waals surface area contributed by atoms with E-state index < -0.39 is 10.0 Å². The van der Waals surface area contributed by atoms with Crippen molar-refractivity contribution in [3.8, 4) is 0 Å². The maximum absolute atomic E-state index is 12.0. The molecule has 2 aromatic rings. The maximum Gasteiger partial charge on any atom is 0.215 e. The van der Waals surface area contributed by atoms with Crippen LogP contribution in [0.1, 0.15) is 31.2 Å². The zero-order valence-corrected chi connectivity index (χ0v) is 14.2. The molecule has 23 heavy (non-hydrogen) atoms. The number of sulfonamides is 1. The van der Waals surface area contributed by atoms with E-state index in [1.54, 1.807) is 24.4 Å². The largest absolute Gasteiger partial charge is 0.369 e. The van der Waals surface area contributed by atoms with Crippen LogP contribution in [0.4, 0.5) is 5.82 Å². The molecule has 0 bridgehead atoms. The number of rotatable bonds is 8. The predicted octanol–water partition coefficient (Wildman–Crippen LogP) is 2.13. The smallest absolute Gasteiger partial charge is 0.215 e. The van der Waals surface area contributed by atoms with Crippen molar-refractivity contribution < 1.29 is 8.42 Å². The van der Waals surface area contributed by atoms with Crippen LogP contribution in [0.25, 0.3) is 0 Å². The molecule has 0 amide bonds. The van der Waals surface area contributed by atoms with E-state index in [4.69, 9.17) is 0 Å². The van der Waals surface area contributed by atoms with Crippen molar-refractivity contribution in [1.29, 1.82) is 0 Å². The molecular formula is C16H22N4O2S. The van der Waals surface area contributed by atoms with Gasteiger partial charge in [0, 0.05) is 25.2 Å². The maximum atomic E-state index is 12.0. The number of aromatic nitrogens is 2. The van der Waals surface area contributed by atoms with Crippen LogP contribution in [-0.2, 0) is 15.8 Å². The monoisotopic (exact) mass is 334 g/mol. The lowest BCUT2D eigenvalue weighted by atomic mass is 10.2. The molecule has 0 aliphatic heterocycles. The topological polar surface area (TPSA) is 84.0 Å². The van der Waals surface area contributed by atoms with E-state index in [1.807, 2.05) is 32.0 Å². The van der Waals surface area contributed by atoms with Gasteiger partial charge in [-0.25, -0.2) is 23.1 Å². The molecule has 0 spiro atoms. The fourth-order valence-electron chi connectivity index (χ4n) is 1.99. The van der Waals surface area contributed by atoms with Crippen molar-refractivity contribution in [1.82, 2.24) is 14.7 Å². The molecule has 1 aromatic heterocycles. The molecule has 1 aromatic carbocycles. The zero-order valence-electron chi connectivity index (χ0n) is 13.4. The van der Waals surface area contributed by atoms with Gasteiger partial charge < -0.3 is 5.32 Å². The molecule has 0 aliphatic carbocycles. The first-order valence-electron chi connectivity index (χ1n) is 7.54. The van der Waals surface area contributed by atoms with Crippen molar-refractivity contribution in [2.45, 2.75) is 25.5 Å². The highest BCUT2D eigenvalue weighted by Crippen LogP contribution is 2.10. The quantitative estimate of drug-likeness (QED) is 0.723. The first-order valence-corrected chi connectivity index (χ1v) is 9.19. The third kappa shape index (κ3) is 5.96. The number of hydrogen-bond donors (Lipinski definition) is 2. The van der Waals surface area contributed by atoms with Crippen molar-refractivity contribution in [2.24, 2.45) is 0 Å². The lowest BCUT2D eigenvalue weighted by Crippen LogP contribution is -2.30. The van der Waals surface area contributed by atoms with Gasteiger partial charge in [0.2, 0.25) is 10.0 Å². The van der Waals surface area contributed by atoms with E-state index in [2.05, 4.69) is 20.0 Å². The molecule has 1 heterocycles. The first-order chi connectivity index (χ1) is 11.0. The van der Waals surface area contributed by atoms with E-state index in [0.717, 1.165) is 11.4 Å². The van der Waals surface area contributed by atoms with Crippen molar-refractivity contribution >= 4 is 15.8 Å². The minimum atomic E-state index is -3.33. The molecule has 7 heteroatoms. The van der Waals surface area contributed by atoms with E-state index in [1.165, 1.54) is 0 Å². The Morgan fingerprint density at radius 2 is 1.83 bits per heavy atom. The zero-order chi connectivity index (χ0) is 16.7. The fourth-order valence-corrected chi connectivity index (χ4v) is 3.14. The van der Waals surface area contributed by atoms with Crippen LogP contribution in [0.5, 0.6) is 0 Å². The number of benzene rings is 1. The van der Waals surface area contributed by atoms with E-state index in [0.29, 0.717) is 18.9 Å². The Balaban J connectivity index is 1.79.